The van der Waals surface area contributed by atoms with Gasteiger partial charge in [-0.05, 0) is 19.1 Å². The van der Waals surface area contributed by atoms with Gasteiger partial charge in [-0.2, -0.15) is 0 Å². The molecule has 0 saturated heterocycles. The fraction of sp³-hybridized carbons (Fsp3) is 0.190. The Hall–Kier alpha value is -3.04. The highest BCUT2D eigenvalue weighted by molar-refractivity contribution is 7.22. The van der Waals surface area contributed by atoms with Crippen molar-refractivity contribution in [1.82, 2.24) is 14.5 Å². The highest BCUT2D eigenvalue weighted by Gasteiger charge is 2.25. The second-order valence-corrected chi connectivity index (χ2v) is 8.53. The predicted octanol–water partition coefficient (Wildman–Crippen LogP) is 4.80. The molecule has 0 saturated carbocycles. The lowest BCUT2D eigenvalue weighted by atomic mass is 10.2. The molecule has 0 spiro atoms. The van der Waals surface area contributed by atoms with Gasteiger partial charge in [-0.15, -0.1) is 11.3 Å². The van der Waals surface area contributed by atoms with Gasteiger partial charge in [0, 0.05) is 34.1 Å². The van der Waals surface area contributed by atoms with Crippen LogP contribution in [0.4, 0.5) is 8.78 Å². The SMILES string of the molecule is Cc1cncc(-n2c(=O)[nH]c3cc(-c4ccccc4Cl)sc3c2=O)c1OCC(C)(F)F. The number of aryl methyl sites for hydroxylation is 1. The third-order valence-electron chi connectivity index (χ3n) is 4.48. The fourth-order valence-electron chi connectivity index (χ4n) is 3.11. The van der Waals surface area contributed by atoms with Crippen molar-refractivity contribution in [2.24, 2.45) is 0 Å². The van der Waals surface area contributed by atoms with Gasteiger partial charge in [0.15, 0.2) is 6.61 Å². The monoisotopic (exact) mass is 463 g/mol. The van der Waals surface area contributed by atoms with Gasteiger partial charge < -0.3 is 9.72 Å². The van der Waals surface area contributed by atoms with Gasteiger partial charge in [0.05, 0.1) is 11.7 Å². The van der Waals surface area contributed by atoms with Crippen LogP contribution in [0.2, 0.25) is 5.02 Å². The summed E-state index contributed by atoms with van der Waals surface area (Å²) in [4.78, 5) is 33.4. The number of nitrogens with one attached hydrogen (secondary N) is 1. The molecular formula is C21H16ClF2N3O3S. The van der Waals surface area contributed by atoms with Gasteiger partial charge in [-0.3, -0.25) is 9.78 Å². The largest absolute Gasteiger partial charge is 0.485 e. The standard InChI is InChI=1S/C21H16ClF2N3O3S/c1-11-8-25-9-15(17(11)30-10-21(2,23)24)27-19(28)18-14(26-20(27)29)7-16(31-18)12-5-3-4-6-13(12)22/h3-9H,10H2,1-2H3,(H,26,29). The van der Waals surface area contributed by atoms with E-state index in [1.807, 2.05) is 12.1 Å². The van der Waals surface area contributed by atoms with E-state index < -0.39 is 23.8 Å². The van der Waals surface area contributed by atoms with Gasteiger partial charge in [0.2, 0.25) is 0 Å². The maximum absolute atomic E-state index is 13.4. The molecule has 0 fully saturated rings. The summed E-state index contributed by atoms with van der Waals surface area (Å²) in [6.45, 7) is 1.41. The number of rotatable bonds is 5. The van der Waals surface area contributed by atoms with Crippen LogP contribution in [-0.2, 0) is 0 Å². The smallest absolute Gasteiger partial charge is 0.333 e. The number of halogens is 3. The quantitative estimate of drug-likeness (QED) is 0.461. The van der Waals surface area contributed by atoms with E-state index in [0.29, 0.717) is 21.0 Å². The van der Waals surface area contributed by atoms with Crippen LogP contribution in [-0.4, -0.2) is 27.1 Å². The van der Waals surface area contributed by atoms with Crippen LogP contribution in [0, 0.1) is 6.92 Å². The Labute approximate surface area is 183 Å². The van der Waals surface area contributed by atoms with Crippen molar-refractivity contribution >= 4 is 33.2 Å². The molecule has 0 bridgehead atoms. The molecule has 0 unspecified atom stereocenters. The van der Waals surface area contributed by atoms with Crippen molar-refractivity contribution in [3.63, 3.8) is 0 Å². The van der Waals surface area contributed by atoms with E-state index in [4.69, 9.17) is 16.3 Å². The number of pyridine rings is 1. The van der Waals surface area contributed by atoms with E-state index in [2.05, 4.69) is 9.97 Å². The molecule has 3 heterocycles. The van der Waals surface area contributed by atoms with Crippen LogP contribution < -0.4 is 16.0 Å². The number of ether oxygens (including phenoxy) is 1. The number of benzene rings is 1. The molecule has 160 valence electrons. The highest BCUT2D eigenvalue weighted by Crippen LogP contribution is 2.35. The Balaban J connectivity index is 1.90. The molecule has 0 atom stereocenters. The Kier molecular flexibility index (Phi) is 5.40. The summed E-state index contributed by atoms with van der Waals surface area (Å²) in [6, 6.07) is 8.83. The number of aromatic amines is 1. The number of H-pyrrole nitrogens is 1. The summed E-state index contributed by atoms with van der Waals surface area (Å²) in [5.41, 5.74) is 0.142. The van der Waals surface area contributed by atoms with Gasteiger partial charge in [0.25, 0.3) is 11.5 Å². The number of aromatic nitrogens is 3. The van der Waals surface area contributed by atoms with E-state index >= 15 is 0 Å². The van der Waals surface area contributed by atoms with Crippen LogP contribution in [0.5, 0.6) is 5.75 Å². The molecule has 1 aromatic carbocycles. The lowest BCUT2D eigenvalue weighted by Crippen LogP contribution is -2.34. The third kappa shape index (κ3) is 4.11. The topological polar surface area (TPSA) is 77.0 Å². The molecule has 4 aromatic rings. The first kappa shape index (κ1) is 21.2. The van der Waals surface area contributed by atoms with Crippen molar-refractivity contribution in [2.45, 2.75) is 19.8 Å². The lowest BCUT2D eigenvalue weighted by Gasteiger charge is -2.17. The van der Waals surface area contributed by atoms with Crippen molar-refractivity contribution in [1.29, 1.82) is 0 Å². The van der Waals surface area contributed by atoms with E-state index in [1.165, 1.54) is 23.7 Å². The van der Waals surface area contributed by atoms with Gasteiger partial charge in [0.1, 0.15) is 16.1 Å². The number of fused-ring (bicyclic) bond motifs is 1. The van der Waals surface area contributed by atoms with Crippen molar-refractivity contribution < 1.29 is 13.5 Å². The van der Waals surface area contributed by atoms with Gasteiger partial charge >= 0.3 is 5.69 Å². The summed E-state index contributed by atoms with van der Waals surface area (Å²) in [5.74, 6) is -3.10. The molecular weight excluding hydrogens is 448 g/mol. The number of hydrogen-bond acceptors (Lipinski definition) is 5. The molecule has 6 nitrogen and oxygen atoms in total. The summed E-state index contributed by atoms with van der Waals surface area (Å²) in [6.07, 6.45) is 2.65. The first-order chi connectivity index (χ1) is 14.7. The van der Waals surface area contributed by atoms with E-state index in [-0.39, 0.29) is 16.1 Å². The van der Waals surface area contributed by atoms with E-state index in [1.54, 1.807) is 25.1 Å². The van der Waals surface area contributed by atoms with Gasteiger partial charge in [-0.25, -0.2) is 18.1 Å². The summed E-state index contributed by atoms with van der Waals surface area (Å²) in [7, 11) is 0. The third-order valence-corrected chi connectivity index (χ3v) is 5.97. The zero-order valence-electron chi connectivity index (χ0n) is 16.4. The van der Waals surface area contributed by atoms with E-state index in [0.717, 1.165) is 17.1 Å². The zero-order chi connectivity index (χ0) is 22.3. The Morgan fingerprint density at radius 1 is 1.26 bits per heavy atom. The number of alkyl halides is 2. The Bertz CT molecular complexity index is 1410. The highest BCUT2D eigenvalue weighted by atomic mass is 35.5. The van der Waals surface area contributed by atoms with Crippen LogP contribution in [0.25, 0.3) is 26.3 Å². The molecule has 0 aliphatic carbocycles. The second-order valence-electron chi connectivity index (χ2n) is 7.07. The minimum Gasteiger partial charge on any atom is -0.485 e. The minimum atomic E-state index is -3.09. The zero-order valence-corrected chi connectivity index (χ0v) is 18.0. The number of thiophene rings is 1. The molecule has 0 aliphatic rings. The molecule has 1 N–H and O–H groups in total. The maximum Gasteiger partial charge on any atom is 0.333 e. The van der Waals surface area contributed by atoms with Crippen LogP contribution in [0.1, 0.15) is 12.5 Å². The molecule has 0 radical (unpaired) electrons. The molecule has 31 heavy (non-hydrogen) atoms. The molecule has 0 amide bonds. The normalized spacial score (nSPS) is 11.8. The molecule has 4 rings (SSSR count). The molecule has 0 aliphatic heterocycles. The second kappa shape index (κ2) is 7.90. The van der Waals surface area contributed by atoms with Crippen LogP contribution in [0.15, 0.2) is 52.3 Å². The van der Waals surface area contributed by atoms with Crippen molar-refractivity contribution in [3.05, 3.63) is 74.1 Å². The summed E-state index contributed by atoms with van der Waals surface area (Å²) >= 11 is 7.43. The van der Waals surface area contributed by atoms with Crippen molar-refractivity contribution in [2.75, 3.05) is 6.61 Å². The summed E-state index contributed by atoms with van der Waals surface area (Å²) < 4.78 is 33.1. The molecule has 3 aromatic heterocycles. The molecule has 10 heteroatoms. The van der Waals surface area contributed by atoms with Crippen molar-refractivity contribution in [3.8, 4) is 21.9 Å². The Morgan fingerprint density at radius 2 is 2.00 bits per heavy atom. The average molecular weight is 464 g/mol. The summed E-state index contributed by atoms with van der Waals surface area (Å²) in [5, 5.41) is 0.510. The minimum absolute atomic E-state index is 0.00800. The van der Waals surface area contributed by atoms with Crippen LogP contribution in [0.3, 0.4) is 0 Å². The lowest BCUT2D eigenvalue weighted by molar-refractivity contribution is -0.0231. The Morgan fingerprint density at radius 3 is 2.71 bits per heavy atom. The van der Waals surface area contributed by atoms with Gasteiger partial charge in [-0.1, -0.05) is 29.8 Å². The fourth-order valence-corrected chi connectivity index (χ4v) is 4.48. The number of nitrogens with zero attached hydrogens (tertiary/aromatic N) is 2. The van der Waals surface area contributed by atoms with E-state index in [9.17, 15) is 18.4 Å². The van der Waals surface area contributed by atoms with Crippen LogP contribution >= 0.6 is 22.9 Å². The first-order valence-corrected chi connectivity index (χ1v) is 10.3. The predicted molar refractivity (Wildman–Crippen MR) is 117 cm³/mol. The number of hydrogen-bond donors (Lipinski definition) is 1. The first-order valence-electron chi connectivity index (χ1n) is 9.15. The average Bonchev–Trinajstić information content (AvgIpc) is 3.11. The maximum atomic E-state index is 13.4.